The monoisotopic (exact) mass is 479 g/mol. The first-order chi connectivity index (χ1) is 16.2. The molecule has 0 aliphatic carbocycles. The van der Waals surface area contributed by atoms with Crippen LogP contribution in [-0.2, 0) is 24.7 Å². The van der Waals surface area contributed by atoms with Gasteiger partial charge >= 0.3 is 5.97 Å². The number of nitrogens with zero attached hydrogens (tertiary/aromatic N) is 2. The van der Waals surface area contributed by atoms with Gasteiger partial charge in [0.1, 0.15) is 11.3 Å². The maximum atomic E-state index is 14.0. The molecule has 9 heteroatoms. The highest BCUT2D eigenvalue weighted by atomic mass is 35.5. The lowest BCUT2D eigenvalue weighted by atomic mass is 9.75. The van der Waals surface area contributed by atoms with Crippen molar-refractivity contribution in [3.05, 3.63) is 52.5 Å². The summed E-state index contributed by atoms with van der Waals surface area (Å²) in [6.45, 7) is 3.83. The predicted octanol–water partition coefficient (Wildman–Crippen LogP) is 3.00. The Hall–Kier alpha value is -3.23. The minimum Gasteiger partial charge on any atom is -0.427 e. The molecule has 4 heterocycles. The molecule has 4 atom stereocenters. The van der Waals surface area contributed by atoms with Crippen LogP contribution in [0.15, 0.2) is 36.4 Å². The first-order valence-corrected chi connectivity index (χ1v) is 11.7. The highest BCUT2D eigenvalue weighted by Gasteiger charge is 2.74. The zero-order valence-electron chi connectivity index (χ0n) is 18.6. The van der Waals surface area contributed by atoms with E-state index in [1.165, 1.54) is 11.8 Å². The maximum absolute atomic E-state index is 14.0. The number of hydrogen-bond acceptors (Lipinski definition) is 6. The second-order valence-corrected chi connectivity index (χ2v) is 9.80. The molecular formula is C25H22ClN3O5. The molecule has 2 aromatic carbocycles. The Morgan fingerprint density at radius 1 is 1.15 bits per heavy atom. The fraction of sp³-hybridized carbons (Fsp3) is 0.360. The van der Waals surface area contributed by atoms with Gasteiger partial charge in [-0.05, 0) is 62.2 Å². The van der Waals surface area contributed by atoms with E-state index in [-0.39, 0.29) is 17.9 Å². The molecule has 3 fully saturated rings. The number of fused-ring (bicyclic) bond motifs is 7. The summed E-state index contributed by atoms with van der Waals surface area (Å²) in [6, 6.07) is 9.74. The molecule has 3 amide bonds. The minimum atomic E-state index is -1.27. The lowest BCUT2D eigenvalue weighted by Gasteiger charge is -2.36. The Bertz CT molecular complexity index is 1290. The van der Waals surface area contributed by atoms with Gasteiger partial charge < -0.3 is 10.1 Å². The van der Waals surface area contributed by atoms with Crippen molar-refractivity contribution in [3.8, 4) is 5.75 Å². The van der Waals surface area contributed by atoms with Crippen LogP contribution in [0, 0.1) is 18.8 Å². The quantitative estimate of drug-likeness (QED) is 0.404. The van der Waals surface area contributed by atoms with E-state index >= 15 is 0 Å². The van der Waals surface area contributed by atoms with Gasteiger partial charge in [0.2, 0.25) is 11.8 Å². The van der Waals surface area contributed by atoms with Crippen LogP contribution in [-0.4, -0.2) is 41.2 Å². The molecule has 3 saturated heterocycles. The molecule has 0 bridgehead atoms. The molecule has 34 heavy (non-hydrogen) atoms. The summed E-state index contributed by atoms with van der Waals surface area (Å²) in [5.41, 5.74) is 1.20. The largest absolute Gasteiger partial charge is 0.427 e. The molecule has 0 aromatic heterocycles. The Kier molecular flexibility index (Phi) is 4.47. The third kappa shape index (κ3) is 2.58. The van der Waals surface area contributed by atoms with Crippen LogP contribution in [0.1, 0.15) is 30.9 Å². The normalized spacial score (nSPS) is 29.4. The molecule has 2 aromatic rings. The number of carbonyl (C=O) groups is 4. The lowest BCUT2D eigenvalue weighted by molar-refractivity contribution is -0.135. The summed E-state index contributed by atoms with van der Waals surface area (Å²) < 4.78 is 5.07. The lowest BCUT2D eigenvalue weighted by Crippen LogP contribution is -2.54. The summed E-state index contributed by atoms with van der Waals surface area (Å²) in [7, 11) is 0. The summed E-state index contributed by atoms with van der Waals surface area (Å²) >= 11 is 6.50. The zero-order chi connectivity index (χ0) is 23.9. The standard InChI is InChI=1S/C25H22ClN3O5/c1-12-10-16-21(17(26)11-12)27-24(33)25(16)20-19(18-4-3-9-28(18)25)22(31)29(23(20)32)14-5-7-15(8-6-14)34-13(2)30/h5-8,10-11,18-20H,3-4,9H2,1-2H3,(H,27,33). The number of ether oxygens (including phenoxy) is 1. The first-order valence-electron chi connectivity index (χ1n) is 11.3. The SMILES string of the molecule is CC(=O)Oc1ccc(N2C(=O)C3C4CCCN4C4(C(=O)Nc5c(Cl)cc(C)cc54)C3C2=O)cc1. The number of aryl methyl sites for hydroxylation is 1. The van der Waals surface area contributed by atoms with E-state index in [4.69, 9.17) is 16.3 Å². The average Bonchev–Trinajstić information content (AvgIpc) is 3.48. The number of imide groups is 1. The number of benzene rings is 2. The van der Waals surface area contributed by atoms with Crippen molar-refractivity contribution in [2.45, 2.75) is 38.3 Å². The van der Waals surface area contributed by atoms with Gasteiger partial charge in [-0.1, -0.05) is 17.7 Å². The molecule has 6 rings (SSSR count). The molecule has 8 nitrogen and oxygen atoms in total. The number of carbonyl (C=O) groups excluding carboxylic acids is 4. The van der Waals surface area contributed by atoms with Crippen LogP contribution in [0.2, 0.25) is 5.02 Å². The van der Waals surface area contributed by atoms with Crippen molar-refractivity contribution in [2.75, 3.05) is 16.8 Å². The Balaban J connectivity index is 1.48. The molecule has 4 unspecified atom stereocenters. The van der Waals surface area contributed by atoms with Gasteiger partial charge in [-0.15, -0.1) is 0 Å². The van der Waals surface area contributed by atoms with Crippen LogP contribution < -0.4 is 15.0 Å². The fourth-order valence-electron chi connectivity index (χ4n) is 6.48. The molecule has 0 saturated carbocycles. The Morgan fingerprint density at radius 2 is 1.88 bits per heavy atom. The van der Waals surface area contributed by atoms with Gasteiger partial charge in [-0.3, -0.25) is 24.1 Å². The van der Waals surface area contributed by atoms with E-state index in [2.05, 4.69) is 10.2 Å². The van der Waals surface area contributed by atoms with Crippen molar-refractivity contribution in [1.82, 2.24) is 4.90 Å². The van der Waals surface area contributed by atoms with Crippen molar-refractivity contribution < 1.29 is 23.9 Å². The number of nitrogens with one attached hydrogen (secondary N) is 1. The topological polar surface area (TPSA) is 96.0 Å². The predicted molar refractivity (Wildman–Crippen MR) is 123 cm³/mol. The third-order valence-corrected chi connectivity index (χ3v) is 7.85. The first kappa shape index (κ1) is 21.3. The van der Waals surface area contributed by atoms with E-state index in [0.29, 0.717) is 34.3 Å². The number of rotatable bonds is 2. The number of amides is 3. The molecule has 0 radical (unpaired) electrons. The van der Waals surface area contributed by atoms with E-state index in [0.717, 1.165) is 18.4 Å². The van der Waals surface area contributed by atoms with E-state index in [9.17, 15) is 19.2 Å². The highest BCUT2D eigenvalue weighted by molar-refractivity contribution is 6.35. The Labute approximate surface area is 200 Å². The van der Waals surface area contributed by atoms with Gasteiger partial charge in [-0.2, -0.15) is 0 Å². The molecular weight excluding hydrogens is 458 g/mol. The summed E-state index contributed by atoms with van der Waals surface area (Å²) in [5, 5.41) is 3.35. The smallest absolute Gasteiger partial charge is 0.308 e. The molecule has 174 valence electrons. The second-order valence-electron chi connectivity index (χ2n) is 9.40. The summed E-state index contributed by atoms with van der Waals surface area (Å²) in [4.78, 5) is 55.9. The molecule has 4 aliphatic rings. The highest BCUT2D eigenvalue weighted by Crippen LogP contribution is 2.61. The average molecular weight is 480 g/mol. The molecule has 1 N–H and O–H groups in total. The molecule has 1 spiro atoms. The van der Waals surface area contributed by atoms with Gasteiger partial charge in [0.15, 0.2) is 0 Å². The van der Waals surface area contributed by atoms with Crippen LogP contribution in [0.4, 0.5) is 11.4 Å². The van der Waals surface area contributed by atoms with Crippen LogP contribution in [0.3, 0.4) is 0 Å². The van der Waals surface area contributed by atoms with E-state index in [1.807, 2.05) is 13.0 Å². The second kappa shape index (κ2) is 7.13. The van der Waals surface area contributed by atoms with Crippen LogP contribution in [0.5, 0.6) is 5.75 Å². The number of hydrogen-bond donors (Lipinski definition) is 1. The van der Waals surface area contributed by atoms with Crippen molar-refractivity contribution in [2.24, 2.45) is 11.8 Å². The summed E-state index contributed by atoms with van der Waals surface area (Å²) in [5.74, 6) is -2.62. The fourth-order valence-corrected chi connectivity index (χ4v) is 6.80. The van der Waals surface area contributed by atoms with Crippen molar-refractivity contribution >= 4 is 46.7 Å². The van der Waals surface area contributed by atoms with Gasteiger partial charge in [0, 0.05) is 18.5 Å². The minimum absolute atomic E-state index is 0.206. The van der Waals surface area contributed by atoms with E-state index in [1.54, 1.807) is 30.3 Å². The summed E-state index contributed by atoms with van der Waals surface area (Å²) in [6.07, 6.45) is 1.58. The molecule has 4 aliphatic heterocycles. The zero-order valence-corrected chi connectivity index (χ0v) is 19.4. The van der Waals surface area contributed by atoms with Crippen LogP contribution >= 0.6 is 11.6 Å². The van der Waals surface area contributed by atoms with Gasteiger partial charge in [0.05, 0.1) is 28.2 Å². The maximum Gasteiger partial charge on any atom is 0.308 e. The number of halogens is 1. The van der Waals surface area contributed by atoms with Crippen molar-refractivity contribution in [1.29, 1.82) is 0 Å². The van der Waals surface area contributed by atoms with Gasteiger partial charge in [0.25, 0.3) is 5.91 Å². The van der Waals surface area contributed by atoms with Crippen molar-refractivity contribution in [3.63, 3.8) is 0 Å². The number of anilines is 2. The van der Waals surface area contributed by atoms with Gasteiger partial charge in [-0.25, -0.2) is 4.90 Å². The van der Waals surface area contributed by atoms with Crippen LogP contribution in [0.25, 0.3) is 0 Å². The third-order valence-electron chi connectivity index (χ3n) is 7.55. The Morgan fingerprint density at radius 3 is 2.59 bits per heavy atom. The number of esters is 1. The van der Waals surface area contributed by atoms with E-state index < -0.39 is 29.3 Å².